The second-order valence-corrected chi connectivity index (χ2v) is 6.07. The summed E-state index contributed by atoms with van der Waals surface area (Å²) >= 11 is 0. The van der Waals surface area contributed by atoms with Gasteiger partial charge < -0.3 is 10.2 Å². The number of benzene rings is 1. The van der Waals surface area contributed by atoms with E-state index in [-0.39, 0.29) is 11.6 Å². The number of aryl methyl sites for hydroxylation is 1. The zero-order valence-corrected chi connectivity index (χ0v) is 14.0. The van der Waals surface area contributed by atoms with Crippen LogP contribution < -0.4 is 0 Å². The Morgan fingerprint density at radius 2 is 1.85 bits per heavy atom. The molecule has 5 nitrogen and oxygen atoms in total. The number of fused-ring (bicyclic) bond motifs is 1. The second kappa shape index (κ2) is 6.33. The van der Waals surface area contributed by atoms with Gasteiger partial charge in [0.15, 0.2) is 5.82 Å². The monoisotopic (exact) mass is 349 g/mol. The van der Waals surface area contributed by atoms with E-state index in [4.69, 9.17) is 0 Å². The molecule has 0 spiro atoms. The van der Waals surface area contributed by atoms with Crippen LogP contribution in [0, 0.1) is 12.7 Å². The molecule has 4 aromatic rings. The van der Waals surface area contributed by atoms with E-state index >= 15 is 0 Å². The van der Waals surface area contributed by atoms with E-state index in [0.717, 1.165) is 27.9 Å². The van der Waals surface area contributed by atoms with Crippen molar-refractivity contribution in [3.05, 3.63) is 78.3 Å². The van der Waals surface area contributed by atoms with E-state index in [9.17, 15) is 14.6 Å². The standard InChI is InChI=1S/C20H16FN3O2/c1-12-9-13(5-7-17(12)21)18-16(3-2-8-22-18)14-4-6-15-10-23-19(20(25)26)24(15)11-14/h2-11,20,25-26H,1H3. The van der Waals surface area contributed by atoms with Crippen LogP contribution in [-0.2, 0) is 0 Å². The maximum Gasteiger partial charge on any atom is 0.212 e. The van der Waals surface area contributed by atoms with Gasteiger partial charge in [0.25, 0.3) is 0 Å². The van der Waals surface area contributed by atoms with Crippen LogP contribution in [0.15, 0.2) is 61.1 Å². The van der Waals surface area contributed by atoms with Crippen molar-refractivity contribution in [3.63, 3.8) is 0 Å². The summed E-state index contributed by atoms with van der Waals surface area (Å²) in [5.74, 6) is -0.113. The first-order chi connectivity index (χ1) is 12.5. The molecule has 1 aromatic carbocycles. The van der Waals surface area contributed by atoms with E-state index in [0.29, 0.717) is 5.56 Å². The highest BCUT2D eigenvalue weighted by Crippen LogP contribution is 2.31. The normalized spacial score (nSPS) is 11.4. The van der Waals surface area contributed by atoms with Crippen molar-refractivity contribution in [1.82, 2.24) is 14.4 Å². The predicted octanol–water partition coefficient (Wildman–Crippen LogP) is 3.49. The second-order valence-electron chi connectivity index (χ2n) is 6.07. The molecule has 0 unspecified atom stereocenters. The number of hydrogen-bond donors (Lipinski definition) is 2. The fourth-order valence-corrected chi connectivity index (χ4v) is 3.02. The molecule has 0 saturated carbocycles. The minimum Gasteiger partial charge on any atom is -0.362 e. The summed E-state index contributed by atoms with van der Waals surface area (Å²) < 4.78 is 15.3. The molecular weight excluding hydrogens is 333 g/mol. The SMILES string of the molecule is Cc1cc(-c2ncccc2-c2ccc3cnc(C(O)O)n3c2)ccc1F. The van der Waals surface area contributed by atoms with Crippen molar-refractivity contribution in [3.8, 4) is 22.4 Å². The van der Waals surface area contributed by atoms with Gasteiger partial charge in [0.05, 0.1) is 17.4 Å². The van der Waals surface area contributed by atoms with Gasteiger partial charge in [-0.3, -0.25) is 9.38 Å². The maximum atomic E-state index is 13.6. The zero-order valence-electron chi connectivity index (χ0n) is 14.0. The van der Waals surface area contributed by atoms with Crippen LogP contribution in [0.5, 0.6) is 0 Å². The molecule has 0 atom stereocenters. The van der Waals surface area contributed by atoms with Crippen LogP contribution in [0.3, 0.4) is 0 Å². The van der Waals surface area contributed by atoms with Crippen molar-refractivity contribution < 1.29 is 14.6 Å². The van der Waals surface area contributed by atoms with Crippen LogP contribution in [0.2, 0.25) is 0 Å². The van der Waals surface area contributed by atoms with E-state index < -0.39 is 6.29 Å². The third-order valence-electron chi connectivity index (χ3n) is 4.34. The number of aliphatic hydroxyl groups excluding tert-OH is 1. The fraction of sp³-hybridized carbons (Fsp3) is 0.100. The predicted molar refractivity (Wildman–Crippen MR) is 95.7 cm³/mol. The van der Waals surface area contributed by atoms with Gasteiger partial charge in [-0.2, -0.15) is 0 Å². The molecular formula is C20H16FN3O2. The Labute approximate surface area is 149 Å². The van der Waals surface area contributed by atoms with Crippen LogP contribution in [0.25, 0.3) is 27.9 Å². The van der Waals surface area contributed by atoms with Gasteiger partial charge in [-0.05, 0) is 42.8 Å². The third kappa shape index (κ3) is 2.75. The smallest absolute Gasteiger partial charge is 0.212 e. The van der Waals surface area contributed by atoms with Crippen molar-refractivity contribution in [2.75, 3.05) is 0 Å². The van der Waals surface area contributed by atoms with Crippen molar-refractivity contribution >= 4 is 5.52 Å². The maximum absolute atomic E-state index is 13.6. The molecule has 0 aliphatic heterocycles. The number of nitrogens with zero attached hydrogens (tertiary/aromatic N) is 3. The Kier molecular flexibility index (Phi) is 3.99. The Balaban J connectivity index is 1.90. The summed E-state index contributed by atoms with van der Waals surface area (Å²) in [4.78, 5) is 8.51. The zero-order chi connectivity index (χ0) is 18.3. The van der Waals surface area contributed by atoms with E-state index in [1.165, 1.54) is 6.07 Å². The van der Waals surface area contributed by atoms with Crippen LogP contribution in [-0.4, -0.2) is 24.6 Å². The summed E-state index contributed by atoms with van der Waals surface area (Å²) in [5, 5.41) is 19.0. The Morgan fingerprint density at radius 3 is 2.62 bits per heavy atom. The number of aliphatic hydroxyl groups is 2. The minimum atomic E-state index is -1.67. The molecule has 0 fully saturated rings. The van der Waals surface area contributed by atoms with Crippen LogP contribution in [0.4, 0.5) is 4.39 Å². The number of pyridine rings is 2. The molecule has 3 heterocycles. The lowest BCUT2D eigenvalue weighted by Gasteiger charge is -2.11. The molecule has 0 radical (unpaired) electrons. The van der Waals surface area contributed by atoms with E-state index in [1.807, 2.05) is 24.3 Å². The van der Waals surface area contributed by atoms with Crippen LogP contribution >= 0.6 is 0 Å². The lowest BCUT2D eigenvalue weighted by Crippen LogP contribution is -2.02. The molecule has 26 heavy (non-hydrogen) atoms. The Morgan fingerprint density at radius 1 is 1.04 bits per heavy atom. The van der Waals surface area contributed by atoms with Crippen molar-refractivity contribution in [2.45, 2.75) is 13.2 Å². The number of halogens is 1. The van der Waals surface area contributed by atoms with Gasteiger partial charge in [0.1, 0.15) is 5.82 Å². The van der Waals surface area contributed by atoms with Gasteiger partial charge in [-0.25, -0.2) is 9.37 Å². The first-order valence-electron chi connectivity index (χ1n) is 8.09. The molecule has 0 bridgehead atoms. The van der Waals surface area contributed by atoms with Gasteiger partial charge in [0, 0.05) is 29.1 Å². The number of rotatable bonds is 3. The average molecular weight is 349 g/mol. The average Bonchev–Trinajstić information content (AvgIpc) is 3.07. The summed E-state index contributed by atoms with van der Waals surface area (Å²) in [5.41, 5.74) is 4.53. The van der Waals surface area contributed by atoms with Gasteiger partial charge in [0.2, 0.25) is 6.29 Å². The highest BCUT2D eigenvalue weighted by Gasteiger charge is 2.14. The minimum absolute atomic E-state index is 0.143. The molecule has 6 heteroatoms. The van der Waals surface area contributed by atoms with Crippen molar-refractivity contribution in [2.24, 2.45) is 0 Å². The number of hydrogen-bond acceptors (Lipinski definition) is 4. The molecule has 130 valence electrons. The summed E-state index contributed by atoms with van der Waals surface area (Å²) in [7, 11) is 0. The quantitative estimate of drug-likeness (QED) is 0.556. The number of aromatic nitrogens is 3. The summed E-state index contributed by atoms with van der Waals surface area (Å²) in [6.45, 7) is 1.72. The topological polar surface area (TPSA) is 70.7 Å². The molecule has 0 amide bonds. The molecule has 0 aliphatic rings. The van der Waals surface area contributed by atoms with E-state index in [2.05, 4.69) is 9.97 Å². The fourth-order valence-electron chi connectivity index (χ4n) is 3.02. The summed E-state index contributed by atoms with van der Waals surface area (Å²) in [6.07, 6.45) is 3.39. The van der Waals surface area contributed by atoms with E-state index in [1.54, 1.807) is 42.0 Å². The van der Waals surface area contributed by atoms with Gasteiger partial charge in [-0.15, -0.1) is 0 Å². The lowest BCUT2D eigenvalue weighted by molar-refractivity contribution is -0.0497. The first-order valence-corrected chi connectivity index (χ1v) is 8.09. The Bertz CT molecular complexity index is 1110. The van der Waals surface area contributed by atoms with Crippen molar-refractivity contribution in [1.29, 1.82) is 0 Å². The molecule has 4 rings (SSSR count). The van der Waals surface area contributed by atoms with Gasteiger partial charge in [-0.1, -0.05) is 12.1 Å². The van der Waals surface area contributed by atoms with Crippen LogP contribution in [0.1, 0.15) is 17.7 Å². The lowest BCUT2D eigenvalue weighted by atomic mass is 9.99. The third-order valence-corrected chi connectivity index (χ3v) is 4.34. The molecule has 3 aromatic heterocycles. The highest BCUT2D eigenvalue weighted by molar-refractivity contribution is 5.81. The summed E-state index contributed by atoms with van der Waals surface area (Å²) in [6, 6.07) is 12.4. The largest absolute Gasteiger partial charge is 0.362 e. The number of imidazole rings is 1. The Hall–Kier alpha value is -3.09. The molecule has 2 N–H and O–H groups in total. The molecule has 0 aliphatic carbocycles. The first kappa shape index (κ1) is 16.4. The van der Waals surface area contributed by atoms with Gasteiger partial charge >= 0.3 is 0 Å². The molecule has 0 saturated heterocycles. The highest BCUT2D eigenvalue weighted by atomic mass is 19.1.